The van der Waals surface area contributed by atoms with Gasteiger partial charge in [0.1, 0.15) is 0 Å². The van der Waals surface area contributed by atoms with Gasteiger partial charge in [-0.25, -0.2) is 0 Å². The van der Waals surface area contributed by atoms with Crippen LogP contribution in [0.1, 0.15) is 35.2 Å². The van der Waals surface area contributed by atoms with Crippen LogP contribution in [0.25, 0.3) is 0 Å². The molecule has 1 amide bonds. The lowest BCUT2D eigenvalue weighted by atomic mass is 9.94. The molecule has 2 rings (SSSR count). The lowest BCUT2D eigenvalue weighted by Crippen LogP contribution is -2.40. The van der Waals surface area contributed by atoms with Crippen LogP contribution in [-0.2, 0) is 0 Å². The Bertz CT molecular complexity index is 415. The van der Waals surface area contributed by atoms with Crippen molar-refractivity contribution < 1.29 is 9.90 Å². The molecule has 1 aliphatic heterocycles. The zero-order valence-corrected chi connectivity index (χ0v) is 10.9. The summed E-state index contributed by atoms with van der Waals surface area (Å²) in [5.74, 6) is 0.590. The van der Waals surface area contributed by atoms with Crippen LogP contribution in [-0.4, -0.2) is 35.6 Å². The van der Waals surface area contributed by atoms with Gasteiger partial charge in [0, 0.05) is 25.3 Å². The summed E-state index contributed by atoms with van der Waals surface area (Å²) in [4.78, 5) is 14.4. The number of amides is 1. The quantitative estimate of drug-likeness (QED) is 0.889. The maximum absolute atomic E-state index is 12.4. The summed E-state index contributed by atoms with van der Waals surface area (Å²) in [6.07, 6.45) is 2.97. The molecule has 3 heteroatoms. The van der Waals surface area contributed by atoms with Crippen LogP contribution >= 0.6 is 0 Å². The molecule has 98 valence electrons. The Morgan fingerprint density at radius 1 is 1.44 bits per heavy atom. The van der Waals surface area contributed by atoms with Crippen molar-refractivity contribution in [3.8, 4) is 0 Å². The van der Waals surface area contributed by atoms with Crippen LogP contribution < -0.4 is 0 Å². The second-order valence-electron chi connectivity index (χ2n) is 5.09. The fourth-order valence-corrected chi connectivity index (χ4v) is 2.65. The van der Waals surface area contributed by atoms with Crippen molar-refractivity contribution in [1.29, 1.82) is 0 Å². The molecule has 1 saturated heterocycles. The van der Waals surface area contributed by atoms with Gasteiger partial charge in [-0.2, -0.15) is 0 Å². The summed E-state index contributed by atoms with van der Waals surface area (Å²) in [7, 11) is 0. The second kappa shape index (κ2) is 6.01. The van der Waals surface area contributed by atoms with E-state index in [4.69, 9.17) is 5.11 Å². The smallest absolute Gasteiger partial charge is 0.254 e. The monoisotopic (exact) mass is 247 g/mol. The summed E-state index contributed by atoms with van der Waals surface area (Å²) >= 11 is 0. The minimum Gasteiger partial charge on any atom is -0.396 e. The first-order valence-corrected chi connectivity index (χ1v) is 6.68. The van der Waals surface area contributed by atoms with Gasteiger partial charge in [0.05, 0.1) is 0 Å². The predicted octanol–water partition coefficient (Wildman–Crippen LogP) is 2.23. The normalized spacial score (nSPS) is 19.9. The van der Waals surface area contributed by atoms with E-state index in [-0.39, 0.29) is 12.5 Å². The Balaban J connectivity index is 2.07. The summed E-state index contributed by atoms with van der Waals surface area (Å²) in [5.41, 5.74) is 1.84. The lowest BCUT2D eigenvalue weighted by Gasteiger charge is -2.33. The number of piperidine rings is 1. The highest BCUT2D eigenvalue weighted by atomic mass is 16.3. The van der Waals surface area contributed by atoms with Crippen molar-refractivity contribution in [2.75, 3.05) is 19.7 Å². The molecule has 0 spiro atoms. The molecule has 0 aromatic heterocycles. The Hall–Kier alpha value is -1.35. The predicted molar refractivity (Wildman–Crippen MR) is 71.5 cm³/mol. The molecule has 1 aromatic carbocycles. The van der Waals surface area contributed by atoms with Crippen LogP contribution in [0.3, 0.4) is 0 Å². The number of carbonyl (C=O) groups is 1. The highest BCUT2D eigenvalue weighted by Gasteiger charge is 2.24. The van der Waals surface area contributed by atoms with Gasteiger partial charge in [0.25, 0.3) is 5.91 Å². The average Bonchev–Trinajstić information content (AvgIpc) is 2.39. The molecule has 1 fully saturated rings. The van der Waals surface area contributed by atoms with Gasteiger partial charge < -0.3 is 10.0 Å². The molecule has 0 radical (unpaired) electrons. The van der Waals surface area contributed by atoms with Crippen molar-refractivity contribution in [3.63, 3.8) is 0 Å². The molecule has 3 nitrogen and oxygen atoms in total. The summed E-state index contributed by atoms with van der Waals surface area (Å²) in [6, 6.07) is 7.74. The minimum atomic E-state index is 0.135. The molecule has 18 heavy (non-hydrogen) atoms. The molecular weight excluding hydrogens is 226 g/mol. The van der Waals surface area contributed by atoms with Gasteiger partial charge in [-0.05, 0) is 43.7 Å². The zero-order chi connectivity index (χ0) is 13.0. The first-order valence-electron chi connectivity index (χ1n) is 6.68. The molecule has 0 saturated carbocycles. The Kier molecular flexibility index (Phi) is 4.37. The molecule has 1 aromatic rings. The van der Waals surface area contributed by atoms with Crippen LogP contribution in [0.5, 0.6) is 0 Å². The number of aryl methyl sites for hydroxylation is 1. The first-order chi connectivity index (χ1) is 8.72. The van der Waals surface area contributed by atoms with E-state index in [1.54, 1.807) is 0 Å². The topological polar surface area (TPSA) is 40.5 Å². The number of aliphatic hydroxyl groups excluding tert-OH is 1. The molecule has 1 N–H and O–H groups in total. The largest absolute Gasteiger partial charge is 0.396 e. The number of carbonyl (C=O) groups excluding carboxylic acids is 1. The first kappa shape index (κ1) is 13.1. The number of hydrogen-bond donors (Lipinski definition) is 1. The van der Waals surface area contributed by atoms with Crippen molar-refractivity contribution in [2.24, 2.45) is 5.92 Å². The Morgan fingerprint density at radius 2 is 2.22 bits per heavy atom. The number of nitrogens with zero attached hydrogens (tertiary/aromatic N) is 1. The van der Waals surface area contributed by atoms with E-state index < -0.39 is 0 Å². The van der Waals surface area contributed by atoms with Crippen LogP contribution in [0, 0.1) is 12.8 Å². The highest BCUT2D eigenvalue weighted by Crippen LogP contribution is 2.21. The number of rotatable bonds is 3. The Morgan fingerprint density at radius 3 is 2.94 bits per heavy atom. The SMILES string of the molecule is Cc1ccccc1C(=O)N1CCCC(CCO)C1. The van der Waals surface area contributed by atoms with Gasteiger partial charge in [-0.1, -0.05) is 18.2 Å². The van der Waals surface area contributed by atoms with E-state index in [1.807, 2.05) is 36.1 Å². The number of aliphatic hydroxyl groups is 1. The highest BCUT2D eigenvalue weighted by molar-refractivity contribution is 5.95. The third-order valence-corrected chi connectivity index (χ3v) is 3.72. The van der Waals surface area contributed by atoms with E-state index in [1.165, 1.54) is 0 Å². The summed E-state index contributed by atoms with van der Waals surface area (Å²) in [6.45, 7) is 3.82. The number of hydrogen-bond acceptors (Lipinski definition) is 2. The van der Waals surface area contributed by atoms with Gasteiger partial charge in [-0.3, -0.25) is 4.79 Å². The van der Waals surface area contributed by atoms with Crippen molar-refractivity contribution in [2.45, 2.75) is 26.2 Å². The van der Waals surface area contributed by atoms with Crippen molar-refractivity contribution in [1.82, 2.24) is 4.90 Å². The van der Waals surface area contributed by atoms with Gasteiger partial charge >= 0.3 is 0 Å². The van der Waals surface area contributed by atoms with Gasteiger partial charge in [-0.15, -0.1) is 0 Å². The summed E-state index contributed by atoms with van der Waals surface area (Å²) in [5, 5.41) is 9.00. The molecule has 1 aliphatic rings. The molecular formula is C15H21NO2. The van der Waals surface area contributed by atoms with E-state index >= 15 is 0 Å². The van der Waals surface area contributed by atoms with Gasteiger partial charge in [0.2, 0.25) is 0 Å². The molecule has 1 atom stereocenters. The van der Waals surface area contributed by atoms with E-state index in [0.717, 1.165) is 43.5 Å². The van der Waals surface area contributed by atoms with Crippen LogP contribution in [0.15, 0.2) is 24.3 Å². The van der Waals surface area contributed by atoms with Crippen molar-refractivity contribution in [3.05, 3.63) is 35.4 Å². The molecule has 0 aliphatic carbocycles. The molecule has 1 unspecified atom stereocenters. The maximum atomic E-state index is 12.4. The summed E-state index contributed by atoms with van der Waals surface area (Å²) < 4.78 is 0. The molecule has 0 bridgehead atoms. The van der Waals surface area contributed by atoms with Gasteiger partial charge in [0.15, 0.2) is 0 Å². The second-order valence-corrected chi connectivity index (χ2v) is 5.09. The fraction of sp³-hybridized carbons (Fsp3) is 0.533. The average molecular weight is 247 g/mol. The zero-order valence-electron chi connectivity index (χ0n) is 10.9. The third-order valence-electron chi connectivity index (χ3n) is 3.72. The third kappa shape index (κ3) is 2.91. The minimum absolute atomic E-state index is 0.135. The number of benzene rings is 1. The van der Waals surface area contributed by atoms with E-state index in [9.17, 15) is 4.79 Å². The van der Waals surface area contributed by atoms with E-state index in [0.29, 0.717) is 5.92 Å². The lowest BCUT2D eigenvalue weighted by molar-refractivity contribution is 0.0653. The van der Waals surface area contributed by atoms with Crippen LogP contribution in [0.2, 0.25) is 0 Å². The van der Waals surface area contributed by atoms with Crippen LogP contribution in [0.4, 0.5) is 0 Å². The van der Waals surface area contributed by atoms with Crippen molar-refractivity contribution >= 4 is 5.91 Å². The Labute approximate surface area is 108 Å². The maximum Gasteiger partial charge on any atom is 0.254 e. The van der Waals surface area contributed by atoms with E-state index in [2.05, 4.69) is 0 Å². The number of likely N-dealkylation sites (tertiary alicyclic amines) is 1. The standard InChI is InChI=1S/C15H21NO2/c1-12-5-2-3-7-14(12)15(18)16-9-4-6-13(11-16)8-10-17/h2-3,5,7,13,17H,4,6,8-11H2,1H3. The fourth-order valence-electron chi connectivity index (χ4n) is 2.65. The molecule has 1 heterocycles.